The molecule has 0 aliphatic carbocycles. The second-order valence-corrected chi connectivity index (χ2v) is 3.34. The van der Waals surface area contributed by atoms with Crippen molar-refractivity contribution in [2.75, 3.05) is 0 Å². The Bertz CT molecular complexity index is 571. The molecular weight excluding hydrogens is 347 g/mol. The standard InChI is InChI=1S/C10H8N4.2Rb/c1-5-11-7-3-4-8-10(9(7)13-5)14-6(2)12-8;;/h3-4H,1-2H3;;/q-2;2*+1. The molecule has 0 aliphatic rings. The van der Waals surface area contributed by atoms with Crippen LogP contribution in [0.25, 0.3) is 22.1 Å². The van der Waals surface area contributed by atoms with Gasteiger partial charge >= 0.3 is 116 Å². The van der Waals surface area contributed by atoms with E-state index in [0.717, 1.165) is 33.7 Å². The van der Waals surface area contributed by atoms with E-state index in [2.05, 4.69) is 19.9 Å². The topological polar surface area (TPSA) is 54.0 Å². The van der Waals surface area contributed by atoms with Crippen LogP contribution in [0.4, 0.5) is 0 Å². The van der Waals surface area contributed by atoms with Crippen molar-refractivity contribution in [1.29, 1.82) is 0 Å². The molecule has 3 rings (SSSR count). The average Bonchev–Trinajstić information content (AvgIpc) is 2.65. The van der Waals surface area contributed by atoms with E-state index in [1.165, 1.54) is 0 Å². The first-order valence-corrected chi connectivity index (χ1v) is 4.45. The van der Waals surface area contributed by atoms with Crippen molar-refractivity contribution in [3.8, 4) is 0 Å². The minimum Gasteiger partial charge on any atom is -0.440 e. The first-order chi connectivity index (χ1) is 6.74. The predicted octanol–water partition coefficient (Wildman–Crippen LogP) is -4.68. The molecule has 0 atom stereocenters. The summed E-state index contributed by atoms with van der Waals surface area (Å²) in [5.41, 5.74) is 3.52. The third-order valence-electron chi connectivity index (χ3n) is 2.22. The van der Waals surface area contributed by atoms with Crippen LogP contribution in [0.3, 0.4) is 0 Å². The molecular formula is C10H8N4Rb2. The van der Waals surface area contributed by atoms with Crippen molar-refractivity contribution >= 4 is 22.1 Å². The Balaban J connectivity index is 0.000000640. The molecule has 0 fully saturated rings. The van der Waals surface area contributed by atoms with Crippen molar-refractivity contribution in [1.82, 2.24) is 19.9 Å². The summed E-state index contributed by atoms with van der Waals surface area (Å²) in [6, 6.07) is 3.87. The van der Waals surface area contributed by atoms with E-state index in [0.29, 0.717) is 0 Å². The van der Waals surface area contributed by atoms with Crippen LogP contribution in [-0.2, 0) is 0 Å². The number of hydrogen-bond donors (Lipinski definition) is 0. The smallest absolute Gasteiger partial charge is 0.440 e. The van der Waals surface area contributed by atoms with Gasteiger partial charge in [-0.15, -0.1) is 0 Å². The second-order valence-electron chi connectivity index (χ2n) is 3.34. The molecule has 3 aromatic rings. The maximum absolute atomic E-state index is 4.34. The summed E-state index contributed by atoms with van der Waals surface area (Å²) >= 11 is 0. The van der Waals surface area contributed by atoms with Crippen LogP contribution in [0.5, 0.6) is 0 Å². The van der Waals surface area contributed by atoms with Gasteiger partial charge in [0.25, 0.3) is 0 Å². The Morgan fingerprint density at radius 2 is 1.19 bits per heavy atom. The normalized spacial score (nSPS) is 10.1. The molecule has 6 heteroatoms. The van der Waals surface area contributed by atoms with E-state index < -0.39 is 0 Å². The number of nitrogens with zero attached hydrogens (tertiary/aromatic N) is 4. The summed E-state index contributed by atoms with van der Waals surface area (Å²) < 4.78 is 0. The van der Waals surface area contributed by atoms with Gasteiger partial charge in [0.05, 0.1) is 0 Å². The van der Waals surface area contributed by atoms with Gasteiger partial charge in [0.2, 0.25) is 0 Å². The summed E-state index contributed by atoms with van der Waals surface area (Å²) in [6.45, 7) is 3.77. The predicted molar refractivity (Wildman–Crippen MR) is 53.2 cm³/mol. The van der Waals surface area contributed by atoms with Gasteiger partial charge in [-0.3, -0.25) is 0 Å². The van der Waals surface area contributed by atoms with Crippen molar-refractivity contribution in [2.45, 2.75) is 13.8 Å². The SMILES string of the molecule is Cc1nc2c(ccc3[n-]c(C)nc32)[n-]1.[Rb+].[Rb+]. The maximum Gasteiger partial charge on any atom is 1.00 e. The molecule has 0 saturated carbocycles. The number of rotatable bonds is 0. The first kappa shape index (κ1) is 15.8. The van der Waals surface area contributed by atoms with Gasteiger partial charge in [0.15, 0.2) is 0 Å². The van der Waals surface area contributed by atoms with Gasteiger partial charge in [-0.05, 0) is 35.9 Å². The van der Waals surface area contributed by atoms with Gasteiger partial charge in [0, 0.05) is 0 Å². The van der Waals surface area contributed by atoms with Crippen LogP contribution in [-0.4, -0.2) is 9.97 Å². The van der Waals surface area contributed by atoms with E-state index >= 15 is 0 Å². The Hall–Kier alpha value is 1.77. The van der Waals surface area contributed by atoms with Gasteiger partial charge in [0.1, 0.15) is 0 Å². The Morgan fingerprint density at radius 3 is 1.56 bits per heavy atom. The second kappa shape index (κ2) is 6.28. The zero-order chi connectivity index (χ0) is 9.71. The molecule has 2 heterocycles. The minimum absolute atomic E-state index is 0. The van der Waals surface area contributed by atoms with Crippen LogP contribution >= 0.6 is 0 Å². The van der Waals surface area contributed by atoms with Crippen LogP contribution in [0, 0.1) is 13.8 Å². The van der Waals surface area contributed by atoms with E-state index in [1.54, 1.807) is 0 Å². The van der Waals surface area contributed by atoms with E-state index in [-0.39, 0.29) is 116 Å². The molecule has 0 radical (unpaired) electrons. The van der Waals surface area contributed by atoms with Crippen LogP contribution in [0.1, 0.15) is 11.6 Å². The summed E-state index contributed by atoms with van der Waals surface area (Å²) in [6.07, 6.45) is 0. The average molecular weight is 355 g/mol. The molecule has 0 bridgehead atoms. The minimum atomic E-state index is 0. The Kier molecular flexibility index (Phi) is 6.21. The molecule has 1 aromatic carbocycles. The van der Waals surface area contributed by atoms with Crippen LogP contribution < -0.4 is 126 Å². The molecule has 70 valence electrons. The molecule has 0 spiro atoms. The quantitative estimate of drug-likeness (QED) is 0.407. The summed E-state index contributed by atoms with van der Waals surface area (Å²) in [5.74, 6) is 1.57. The van der Waals surface area contributed by atoms with E-state index in [4.69, 9.17) is 0 Å². The number of aromatic nitrogens is 4. The van der Waals surface area contributed by atoms with Gasteiger partial charge in [-0.1, -0.05) is 23.8 Å². The van der Waals surface area contributed by atoms with Crippen molar-refractivity contribution in [2.24, 2.45) is 0 Å². The van der Waals surface area contributed by atoms with Gasteiger partial charge in [-0.2, -0.15) is 0 Å². The van der Waals surface area contributed by atoms with Crippen molar-refractivity contribution in [3.63, 3.8) is 0 Å². The molecule has 4 nitrogen and oxygen atoms in total. The summed E-state index contributed by atoms with van der Waals surface area (Å²) in [5, 5.41) is 0. The monoisotopic (exact) mass is 354 g/mol. The number of aryl methyl sites for hydroxylation is 2. The number of benzene rings is 1. The Morgan fingerprint density at radius 1 is 0.812 bits per heavy atom. The molecule has 16 heavy (non-hydrogen) atoms. The zero-order valence-electron chi connectivity index (χ0n) is 9.94. The third kappa shape index (κ3) is 2.85. The fourth-order valence-electron chi connectivity index (χ4n) is 1.68. The molecule has 2 aromatic heterocycles. The molecule has 0 amide bonds. The molecule has 0 aliphatic heterocycles. The number of hydrogen-bond acceptors (Lipinski definition) is 2. The third-order valence-corrected chi connectivity index (χ3v) is 2.22. The van der Waals surface area contributed by atoms with Gasteiger partial charge < -0.3 is 19.9 Å². The number of fused-ring (bicyclic) bond motifs is 3. The Labute approximate surface area is 191 Å². The fraction of sp³-hybridized carbons (Fsp3) is 0.200. The van der Waals surface area contributed by atoms with Crippen molar-refractivity contribution < 1.29 is 116 Å². The molecule has 0 saturated heterocycles. The first-order valence-electron chi connectivity index (χ1n) is 4.45. The largest absolute Gasteiger partial charge is 1.00 e. The van der Waals surface area contributed by atoms with E-state index in [9.17, 15) is 0 Å². The zero-order valence-corrected chi connectivity index (χ0v) is 19.8. The summed E-state index contributed by atoms with van der Waals surface area (Å²) in [4.78, 5) is 17.3. The van der Waals surface area contributed by atoms with Crippen molar-refractivity contribution in [3.05, 3.63) is 23.8 Å². The van der Waals surface area contributed by atoms with E-state index in [1.807, 2.05) is 26.0 Å². The summed E-state index contributed by atoms with van der Waals surface area (Å²) in [7, 11) is 0. The van der Waals surface area contributed by atoms with Crippen LogP contribution in [0.15, 0.2) is 12.1 Å². The van der Waals surface area contributed by atoms with Crippen LogP contribution in [0.2, 0.25) is 0 Å². The molecule has 0 N–H and O–H groups in total. The fourth-order valence-corrected chi connectivity index (χ4v) is 1.68. The maximum atomic E-state index is 4.34. The number of imidazole rings is 2. The molecule has 0 unspecified atom stereocenters. The van der Waals surface area contributed by atoms with Gasteiger partial charge in [-0.25, -0.2) is 0 Å².